The number of aliphatic carboxylic acids is 1. The van der Waals surface area contributed by atoms with Crippen LogP contribution in [-0.4, -0.2) is 29.6 Å². The summed E-state index contributed by atoms with van der Waals surface area (Å²) in [6.45, 7) is 2.86. The molecule has 0 aliphatic heterocycles. The molecule has 0 unspecified atom stereocenters. The van der Waals surface area contributed by atoms with Gasteiger partial charge >= 0.3 is 5.97 Å². The molecule has 0 bridgehead atoms. The molecule has 0 saturated carbocycles. The lowest BCUT2D eigenvalue weighted by Gasteiger charge is -2.07. The fraction of sp³-hybridized carbons (Fsp3) is 0.826. The molecule has 28 heavy (non-hydrogen) atoms. The van der Waals surface area contributed by atoms with Gasteiger partial charge in [-0.05, 0) is 51.4 Å². The number of carboxylic acid groups (broad SMARTS) is 1. The van der Waals surface area contributed by atoms with Gasteiger partial charge in [-0.25, -0.2) is 0 Å². The predicted octanol–water partition coefficient (Wildman–Crippen LogP) is 5.33. The molecular weight excluding hydrogens is 352 g/mol. The van der Waals surface area contributed by atoms with E-state index in [4.69, 9.17) is 10.8 Å². The largest absolute Gasteiger partial charge is 0.480 e. The maximum Gasteiger partial charge on any atom is 0.320 e. The van der Waals surface area contributed by atoms with Crippen molar-refractivity contribution >= 4 is 11.9 Å². The number of hydrogen-bond donors (Lipinski definition) is 3. The van der Waals surface area contributed by atoms with E-state index >= 15 is 0 Å². The molecule has 5 heteroatoms. The Morgan fingerprint density at radius 2 is 1.43 bits per heavy atom. The second kappa shape index (κ2) is 20.4. The molecule has 164 valence electrons. The maximum absolute atomic E-state index is 11.7. The first-order valence-electron chi connectivity index (χ1n) is 11.5. The van der Waals surface area contributed by atoms with Crippen LogP contribution in [0.3, 0.4) is 0 Å². The number of unbranched alkanes of at least 4 members (excludes halogenated alkanes) is 11. The number of allylic oxidation sites excluding steroid dienone is 2. The Kier molecular flexibility index (Phi) is 19.4. The minimum absolute atomic E-state index is 0.103. The van der Waals surface area contributed by atoms with Crippen molar-refractivity contribution in [2.75, 3.05) is 6.54 Å². The first-order chi connectivity index (χ1) is 13.6. The summed E-state index contributed by atoms with van der Waals surface area (Å²) < 4.78 is 0. The van der Waals surface area contributed by atoms with Crippen molar-refractivity contribution in [1.29, 1.82) is 0 Å². The van der Waals surface area contributed by atoms with Crippen molar-refractivity contribution in [1.82, 2.24) is 5.32 Å². The maximum atomic E-state index is 11.7. The van der Waals surface area contributed by atoms with Crippen LogP contribution in [0.15, 0.2) is 12.2 Å². The summed E-state index contributed by atoms with van der Waals surface area (Å²) in [4.78, 5) is 22.3. The van der Waals surface area contributed by atoms with Gasteiger partial charge in [0.2, 0.25) is 5.91 Å². The normalized spacial score (nSPS) is 12.4. The Morgan fingerprint density at radius 3 is 2.04 bits per heavy atom. The molecule has 0 aromatic carbocycles. The van der Waals surface area contributed by atoms with Crippen molar-refractivity contribution in [3.63, 3.8) is 0 Å². The lowest BCUT2D eigenvalue weighted by Crippen LogP contribution is -2.30. The topological polar surface area (TPSA) is 92.4 Å². The molecule has 0 heterocycles. The zero-order valence-electron chi connectivity index (χ0n) is 18.1. The Morgan fingerprint density at radius 1 is 0.857 bits per heavy atom. The average molecular weight is 397 g/mol. The van der Waals surface area contributed by atoms with Crippen molar-refractivity contribution in [2.24, 2.45) is 5.73 Å². The minimum atomic E-state index is -0.960. The molecule has 0 saturated heterocycles. The predicted molar refractivity (Wildman–Crippen MR) is 117 cm³/mol. The van der Waals surface area contributed by atoms with Crippen LogP contribution in [-0.2, 0) is 9.59 Å². The number of nitrogens with two attached hydrogens (primary N) is 1. The van der Waals surface area contributed by atoms with Gasteiger partial charge in [-0.15, -0.1) is 0 Å². The highest BCUT2D eigenvalue weighted by Crippen LogP contribution is 2.10. The van der Waals surface area contributed by atoms with E-state index in [9.17, 15) is 9.59 Å². The molecule has 0 fully saturated rings. The third-order valence-corrected chi connectivity index (χ3v) is 5.00. The van der Waals surface area contributed by atoms with Gasteiger partial charge in [0.1, 0.15) is 6.04 Å². The summed E-state index contributed by atoms with van der Waals surface area (Å²) >= 11 is 0. The van der Waals surface area contributed by atoms with Crippen LogP contribution in [0.1, 0.15) is 110 Å². The molecule has 0 rings (SSSR count). The lowest BCUT2D eigenvalue weighted by molar-refractivity contribution is -0.138. The van der Waals surface area contributed by atoms with E-state index in [-0.39, 0.29) is 5.91 Å². The third-order valence-electron chi connectivity index (χ3n) is 5.00. The number of rotatable bonds is 20. The van der Waals surface area contributed by atoms with Crippen LogP contribution in [0.25, 0.3) is 0 Å². The Hall–Kier alpha value is -1.36. The van der Waals surface area contributed by atoms with Gasteiger partial charge in [0.15, 0.2) is 0 Å². The molecule has 0 aromatic heterocycles. The molecule has 0 aliphatic carbocycles. The Labute approximate surface area is 172 Å². The first kappa shape index (κ1) is 26.6. The van der Waals surface area contributed by atoms with Crippen LogP contribution < -0.4 is 11.1 Å². The highest BCUT2D eigenvalue weighted by molar-refractivity contribution is 5.75. The van der Waals surface area contributed by atoms with Gasteiger partial charge in [-0.1, -0.05) is 64.0 Å². The summed E-state index contributed by atoms with van der Waals surface area (Å²) in [5, 5.41) is 11.6. The van der Waals surface area contributed by atoms with Gasteiger partial charge < -0.3 is 16.2 Å². The molecule has 0 aliphatic rings. The zero-order valence-corrected chi connectivity index (χ0v) is 18.1. The van der Waals surface area contributed by atoms with Crippen LogP contribution >= 0.6 is 0 Å². The molecular formula is C23H44N2O3. The quantitative estimate of drug-likeness (QED) is 0.191. The summed E-state index contributed by atoms with van der Waals surface area (Å²) in [5.74, 6) is -0.857. The van der Waals surface area contributed by atoms with E-state index < -0.39 is 12.0 Å². The van der Waals surface area contributed by atoms with E-state index in [0.717, 1.165) is 25.7 Å². The second-order valence-corrected chi connectivity index (χ2v) is 7.77. The van der Waals surface area contributed by atoms with E-state index in [1.807, 2.05) is 0 Å². The number of amides is 1. The minimum Gasteiger partial charge on any atom is -0.480 e. The summed E-state index contributed by atoms with van der Waals surface area (Å²) in [7, 11) is 0. The second-order valence-electron chi connectivity index (χ2n) is 7.77. The molecule has 1 amide bonds. The molecule has 0 spiro atoms. The summed E-state index contributed by atoms with van der Waals surface area (Å²) in [6, 6.07) is -0.790. The standard InChI is InChI=1S/C23H44N2O3/c1-2-3-4-5-6-7-8-9-10-11-12-13-14-15-19-22(26)25-20-17-16-18-21(24)23(27)28/h7-8,21H,2-6,9-20,24H2,1H3,(H,25,26)(H,27,28)/b8-7+/t21-/m0/s1. The third kappa shape index (κ3) is 19.4. The van der Waals surface area contributed by atoms with Gasteiger partial charge in [0.05, 0.1) is 0 Å². The van der Waals surface area contributed by atoms with Crippen LogP contribution in [0.5, 0.6) is 0 Å². The van der Waals surface area contributed by atoms with Gasteiger partial charge in [0.25, 0.3) is 0 Å². The highest BCUT2D eigenvalue weighted by Gasteiger charge is 2.10. The lowest BCUT2D eigenvalue weighted by atomic mass is 10.1. The first-order valence-corrected chi connectivity index (χ1v) is 11.5. The number of carboxylic acids is 1. The van der Waals surface area contributed by atoms with Crippen LogP contribution in [0, 0.1) is 0 Å². The molecule has 1 atom stereocenters. The monoisotopic (exact) mass is 396 g/mol. The average Bonchev–Trinajstić information content (AvgIpc) is 2.67. The van der Waals surface area contributed by atoms with E-state index in [1.54, 1.807) is 0 Å². The van der Waals surface area contributed by atoms with E-state index in [1.165, 1.54) is 64.2 Å². The van der Waals surface area contributed by atoms with Crippen molar-refractivity contribution in [3.05, 3.63) is 12.2 Å². The smallest absolute Gasteiger partial charge is 0.320 e. The highest BCUT2D eigenvalue weighted by atomic mass is 16.4. The molecule has 0 aromatic rings. The van der Waals surface area contributed by atoms with Gasteiger partial charge in [-0.2, -0.15) is 0 Å². The van der Waals surface area contributed by atoms with Gasteiger partial charge in [0, 0.05) is 13.0 Å². The van der Waals surface area contributed by atoms with Gasteiger partial charge in [-0.3, -0.25) is 9.59 Å². The van der Waals surface area contributed by atoms with Crippen molar-refractivity contribution in [2.45, 2.75) is 116 Å². The Balaban J connectivity index is 3.28. The van der Waals surface area contributed by atoms with Crippen molar-refractivity contribution < 1.29 is 14.7 Å². The number of hydrogen-bond acceptors (Lipinski definition) is 3. The van der Waals surface area contributed by atoms with Crippen molar-refractivity contribution in [3.8, 4) is 0 Å². The molecule has 4 N–H and O–H groups in total. The number of carbonyl (C=O) groups is 2. The fourth-order valence-corrected chi connectivity index (χ4v) is 3.11. The van der Waals surface area contributed by atoms with E-state index in [2.05, 4.69) is 24.4 Å². The number of carbonyl (C=O) groups excluding carboxylic acids is 1. The molecule has 0 radical (unpaired) electrons. The zero-order chi connectivity index (χ0) is 20.9. The summed E-state index contributed by atoms with van der Waals surface area (Å²) in [6.07, 6.45) is 22.1. The van der Waals surface area contributed by atoms with Crippen LogP contribution in [0.2, 0.25) is 0 Å². The fourth-order valence-electron chi connectivity index (χ4n) is 3.11. The number of nitrogens with one attached hydrogen (secondary N) is 1. The van der Waals surface area contributed by atoms with Crippen LogP contribution in [0.4, 0.5) is 0 Å². The summed E-state index contributed by atoms with van der Waals surface area (Å²) in [5.41, 5.74) is 5.43. The van der Waals surface area contributed by atoms with E-state index in [0.29, 0.717) is 19.4 Å². The Bertz CT molecular complexity index is 411. The molecule has 5 nitrogen and oxygen atoms in total. The SMILES string of the molecule is CCCCCC/C=C/CCCCCCCCC(=O)NCCCC[C@H](N)C(=O)O.